The summed E-state index contributed by atoms with van der Waals surface area (Å²) in [4.78, 5) is 3.82. The fourth-order valence-corrected chi connectivity index (χ4v) is 0.419. The summed E-state index contributed by atoms with van der Waals surface area (Å²) < 4.78 is 1.90. The van der Waals surface area contributed by atoms with E-state index in [9.17, 15) is 0 Å². The average Bonchev–Trinajstić information content (AvgIpc) is 2.14. The molecule has 0 spiro atoms. The first-order valence-electron chi connectivity index (χ1n) is 2.18. The normalized spacial score (nSPS) is 9.29. The Labute approximate surface area is 42.8 Å². The molecule has 0 N–H and O–H groups in total. The third-order valence-corrected chi connectivity index (χ3v) is 0.817. The highest BCUT2D eigenvalue weighted by Gasteiger charge is 1.77. The highest BCUT2D eigenvalue weighted by atomic mass is 15.0. The minimum atomic E-state index is 0.764. The molecule has 0 saturated heterocycles. The van der Waals surface area contributed by atoms with Crippen molar-refractivity contribution in [1.82, 2.24) is 9.55 Å². The molecule has 1 rings (SSSR count). The second-order valence-electron chi connectivity index (χ2n) is 1.30. The lowest BCUT2D eigenvalue weighted by Crippen LogP contribution is -1.86. The van der Waals surface area contributed by atoms with Crippen molar-refractivity contribution in [2.45, 2.75) is 6.54 Å². The summed E-state index contributed by atoms with van der Waals surface area (Å²) in [6.45, 7) is 4.42. The Hall–Kier alpha value is -0.790. The van der Waals surface area contributed by atoms with Crippen molar-refractivity contribution in [2.24, 2.45) is 0 Å². The lowest BCUT2D eigenvalue weighted by Gasteiger charge is -1.87. The standard InChI is InChI=1S/C5H7N2/c1-2-7-4-3-6-5-7/h3-5H,1-2H2. The van der Waals surface area contributed by atoms with E-state index in [2.05, 4.69) is 11.9 Å². The average molecular weight is 95.1 g/mol. The van der Waals surface area contributed by atoms with Gasteiger partial charge in [-0.3, -0.25) is 0 Å². The van der Waals surface area contributed by atoms with Crippen LogP contribution in [0.3, 0.4) is 0 Å². The molecule has 1 aromatic rings. The smallest absolute Gasteiger partial charge is 0.0945 e. The minimum Gasteiger partial charge on any atom is -0.337 e. The lowest BCUT2D eigenvalue weighted by atomic mass is 10.7. The van der Waals surface area contributed by atoms with E-state index in [0.717, 1.165) is 6.54 Å². The van der Waals surface area contributed by atoms with Crippen LogP contribution in [-0.2, 0) is 6.54 Å². The summed E-state index contributed by atoms with van der Waals surface area (Å²) in [5.41, 5.74) is 0. The molecule has 0 amide bonds. The molecule has 0 bridgehead atoms. The molecular weight excluding hydrogens is 88.1 g/mol. The molecule has 0 aliphatic carbocycles. The van der Waals surface area contributed by atoms with Gasteiger partial charge >= 0.3 is 0 Å². The van der Waals surface area contributed by atoms with Crippen molar-refractivity contribution in [1.29, 1.82) is 0 Å². The molecule has 37 valence electrons. The Balaban J connectivity index is 2.76. The fraction of sp³-hybridized carbons (Fsp3) is 0.200. The van der Waals surface area contributed by atoms with E-state index >= 15 is 0 Å². The second-order valence-corrected chi connectivity index (χ2v) is 1.30. The Bertz CT molecular complexity index is 121. The van der Waals surface area contributed by atoms with E-state index in [1.54, 1.807) is 12.5 Å². The first-order chi connectivity index (χ1) is 3.43. The SMILES string of the molecule is [CH2]Cn1ccnc1. The zero-order chi connectivity index (χ0) is 5.11. The van der Waals surface area contributed by atoms with Crippen LogP contribution < -0.4 is 0 Å². The maximum Gasteiger partial charge on any atom is 0.0945 e. The largest absolute Gasteiger partial charge is 0.337 e. The summed E-state index contributed by atoms with van der Waals surface area (Å²) in [6, 6.07) is 0. The zero-order valence-corrected chi connectivity index (χ0v) is 4.04. The van der Waals surface area contributed by atoms with Crippen molar-refractivity contribution in [3.63, 3.8) is 0 Å². The summed E-state index contributed by atoms with van der Waals surface area (Å²) in [6.07, 6.45) is 5.37. The molecule has 1 aromatic heterocycles. The van der Waals surface area contributed by atoms with Gasteiger partial charge < -0.3 is 4.57 Å². The van der Waals surface area contributed by atoms with Crippen LogP contribution in [0.15, 0.2) is 18.7 Å². The summed E-state index contributed by atoms with van der Waals surface area (Å²) >= 11 is 0. The van der Waals surface area contributed by atoms with Crippen LogP contribution >= 0.6 is 0 Å². The zero-order valence-electron chi connectivity index (χ0n) is 4.04. The first-order valence-corrected chi connectivity index (χ1v) is 2.18. The van der Waals surface area contributed by atoms with Crippen LogP contribution in [-0.4, -0.2) is 9.55 Å². The molecule has 0 aliphatic heterocycles. The Morgan fingerprint density at radius 2 is 2.57 bits per heavy atom. The molecule has 2 heteroatoms. The van der Waals surface area contributed by atoms with Crippen LogP contribution in [0.4, 0.5) is 0 Å². The lowest BCUT2D eigenvalue weighted by molar-refractivity contribution is 0.818. The van der Waals surface area contributed by atoms with Gasteiger partial charge in [-0.2, -0.15) is 0 Å². The second kappa shape index (κ2) is 1.78. The molecule has 1 radical (unpaired) electrons. The van der Waals surface area contributed by atoms with Crippen LogP contribution in [0, 0.1) is 6.92 Å². The number of hydrogen-bond donors (Lipinski definition) is 0. The summed E-state index contributed by atoms with van der Waals surface area (Å²) in [5, 5.41) is 0. The number of aromatic nitrogens is 2. The fourth-order valence-electron chi connectivity index (χ4n) is 0.419. The van der Waals surface area contributed by atoms with Crippen LogP contribution in [0.25, 0.3) is 0 Å². The van der Waals surface area contributed by atoms with Gasteiger partial charge in [0.25, 0.3) is 0 Å². The van der Waals surface area contributed by atoms with Gasteiger partial charge in [0, 0.05) is 18.9 Å². The molecule has 2 nitrogen and oxygen atoms in total. The van der Waals surface area contributed by atoms with Crippen LogP contribution in [0.1, 0.15) is 0 Å². The molecule has 7 heavy (non-hydrogen) atoms. The van der Waals surface area contributed by atoms with E-state index in [4.69, 9.17) is 0 Å². The van der Waals surface area contributed by atoms with Gasteiger partial charge in [-0.15, -0.1) is 0 Å². The van der Waals surface area contributed by atoms with Gasteiger partial charge in [-0.05, 0) is 6.92 Å². The number of hydrogen-bond acceptors (Lipinski definition) is 1. The van der Waals surface area contributed by atoms with Crippen molar-refractivity contribution >= 4 is 0 Å². The minimum absolute atomic E-state index is 0.764. The molecule has 0 aliphatic rings. The van der Waals surface area contributed by atoms with Crippen molar-refractivity contribution in [3.8, 4) is 0 Å². The van der Waals surface area contributed by atoms with Gasteiger partial charge in [0.2, 0.25) is 0 Å². The van der Waals surface area contributed by atoms with Gasteiger partial charge in [0.05, 0.1) is 6.33 Å². The van der Waals surface area contributed by atoms with Crippen LogP contribution in [0.2, 0.25) is 0 Å². The molecule has 1 heterocycles. The Kier molecular flexibility index (Phi) is 1.11. The Morgan fingerprint density at radius 1 is 1.71 bits per heavy atom. The summed E-state index contributed by atoms with van der Waals surface area (Å²) in [7, 11) is 0. The third-order valence-electron chi connectivity index (χ3n) is 0.817. The Morgan fingerprint density at radius 3 is 2.86 bits per heavy atom. The van der Waals surface area contributed by atoms with Gasteiger partial charge in [0.15, 0.2) is 0 Å². The van der Waals surface area contributed by atoms with E-state index in [-0.39, 0.29) is 0 Å². The molecule has 0 saturated carbocycles. The van der Waals surface area contributed by atoms with Crippen LogP contribution in [0.5, 0.6) is 0 Å². The monoisotopic (exact) mass is 95.1 g/mol. The molecule has 0 unspecified atom stereocenters. The predicted octanol–water partition coefficient (Wildman–Crippen LogP) is 0.717. The molecule has 0 atom stereocenters. The topological polar surface area (TPSA) is 17.8 Å². The quantitative estimate of drug-likeness (QED) is 0.502. The summed E-state index contributed by atoms with van der Waals surface area (Å²) in [5.74, 6) is 0. The maximum atomic E-state index is 3.82. The highest BCUT2D eigenvalue weighted by molar-refractivity contribution is 4.73. The molecular formula is C5H7N2. The maximum absolute atomic E-state index is 3.82. The molecule has 0 aromatic carbocycles. The van der Waals surface area contributed by atoms with Gasteiger partial charge in [-0.1, -0.05) is 0 Å². The first kappa shape index (κ1) is 4.37. The van der Waals surface area contributed by atoms with E-state index in [1.807, 2.05) is 10.8 Å². The van der Waals surface area contributed by atoms with Crippen molar-refractivity contribution < 1.29 is 0 Å². The van der Waals surface area contributed by atoms with Gasteiger partial charge in [0.1, 0.15) is 0 Å². The van der Waals surface area contributed by atoms with Crippen molar-refractivity contribution in [3.05, 3.63) is 25.6 Å². The predicted molar refractivity (Wildman–Crippen MR) is 27.6 cm³/mol. The highest BCUT2D eigenvalue weighted by Crippen LogP contribution is 1.80. The van der Waals surface area contributed by atoms with Gasteiger partial charge in [-0.25, -0.2) is 4.98 Å². The number of rotatable bonds is 1. The third kappa shape index (κ3) is 0.796. The van der Waals surface area contributed by atoms with Crippen molar-refractivity contribution in [2.75, 3.05) is 0 Å². The van der Waals surface area contributed by atoms with E-state index in [0.29, 0.717) is 0 Å². The number of nitrogens with zero attached hydrogens (tertiary/aromatic N) is 2. The van der Waals surface area contributed by atoms with E-state index in [1.165, 1.54) is 0 Å². The number of imidazole rings is 1. The molecule has 0 fully saturated rings. The van der Waals surface area contributed by atoms with E-state index < -0.39 is 0 Å².